The Morgan fingerprint density at radius 2 is 2.20 bits per heavy atom. The second kappa shape index (κ2) is 6.78. The number of thiazole rings is 1. The highest BCUT2D eigenvalue weighted by Crippen LogP contribution is 2.18. The molecule has 6 nitrogen and oxygen atoms in total. The van der Waals surface area contributed by atoms with Crippen LogP contribution in [-0.4, -0.2) is 24.9 Å². The molecule has 2 N–H and O–H groups in total. The summed E-state index contributed by atoms with van der Waals surface area (Å²) < 4.78 is 27.1. The van der Waals surface area contributed by atoms with Crippen molar-refractivity contribution in [3.63, 3.8) is 0 Å². The van der Waals surface area contributed by atoms with Gasteiger partial charge in [-0.05, 0) is 18.6 Å². The van der Waals surface area contributed by atoms with Gasteiger partial charge in [0, 0.05) is 18.1 Å². The molecule has 0 amide bonds. The Morgan fingerprint density at radius 1 is 1.35 bits per heavy atom. The molecular weight excluding hydrogens is 296 g/mol. The van der Waals surface area contributed by atoms with Crippen molar-refractivity contribution in [1.82, 2.24) is 14.7 Å². The van der Waals surface area contributed by atoms with E-state index in [9.17, 15) is 8.42 Å². The predicted octanol–water partition coefficient (Wildman–Crippen LogP) is 1.84. The highest BCUT2D eigenvalue weighted by Gasteiger charge is 2.19. The Kier molecular flexibility index (Phi) is 5.05. The summed E-state index contributed by atoms with van der Waals surface area (Å²) >= 11 is 1.43. The molecule has 2 aromatic rings. The Labute approximate surface area is 122 Å². The van der Waals surface area contributed by atoms with E-state index in [2.05, 4.69) is 20.0 Å². The van der Waals surface area contributed by atoms with Gasteiger partial charge in [0.25, 0.3) is 0 Å². The second-order valence-corrected chi connectivity index (χ2v) is 6.54. The zero-order chi connectivity index (χ0) is 14.4. The van der Waals surface area contributed by atoms with Crippen molar-refractivity contribution in [1.29, 1.82) is 0 Å². The molecule has 0 aliphatic heterocycles. The molecule has 2 heterocycles. The van der Waals surface area contributed by atoms with Crippen molar-refractivity contribution in [3.05, 3.63) is 34.9 Å². The van der Waals surface area contributed by atoms with Crippen LogP contribution in [0.4, 0.5) is 5.82 Å². The average Bonchev–Trinajstić information content (AvgIpc) is 2.97. The number of anilines is 1. The van der Waals surface area contributed by atoms with Crippen LogP contribution in [-0.2, 0) is 16.6 Å². The molecule has 8 heteroatoms. The maximum atomic E-state index is 12.3. The number of aromatic nitrogens is 2. The van der Waals surface area contributed by atoms with Gasteiger partial charge in [0.1, 0.15) is 10.7 Å². The van der Waals surface area contributed by atoms with E-state index >= 15 is 0 Å². The first-order chi connectivity index (χ1) is 9.63. The first-order valence-corrected chi connectivity index (χ1v) is 8.61. The number of hydrogen-bond donors (Lipinski definition) is 2. The summed E-state index contributed by atoms with van der Waals surface area (Å²) in [7, 11) is -3.61. The summed E-state index contributed by atoms with van der Waals surface area (Å²) in [5.41, 5.74) is 2.37. The number of pyridine rings is 1. The molecule has 0 radical (unpaired) electrons. The summed E-state index contributed by atoms with van der Waals surface area (Å²) in [6.45, 7) is 2.85. The molecule has 20 heavy (non-hydrogen) atoms. The van der Waals surface area contributed by atoms with E-state index in [0.29, 0.717) is 18.1 Å². The lowest BCUT2D eigenvalue weighted by Crippen LogP contribution is -2.24. The van der Waals surface area contributed by atoms with E-state index < -0.39 is 10.0 Å². The second-order valence-electron chi connectivity index (χ2n) is 4.08. The number of nitrogens with zero attached hydrogens (tertiary/aromatic N) is 2. The first-order valence-electron chi connectivity index (χ1n) is 6.19. The van der Waals surface area contributed by atoms with Crippen molar-refractivity contribution in [2.45, 2.75) is 24.8 Å². The van der Waals surface area contributed by atoms with Gasteiger partial charge in [0.15, 0.2) is 0 Å². The molecule has 2 aromatic heterocycles. The molecule has 0 spiro atoms. The third kappa shape index (κ3) is 3.75. The molecule has 0 saturated carbocycles. The van der Waals surface area contributed by atoms with Gasteiger partial charge in [0.2, 0.25) is 10.0 Å². The summed E-state index contributed by atoms with van der Waals surface area (Å²) in [4.78, 5) is 8.29. The van der Waals surface area contributed by atoms with Crippen LogP contribution in [0.5, 0.6) is 0 Å². The van der Waals surface area contributed by atoms with E-state index in [1.54, 1.807) is 17.8 Å². The summed E-state index contributed by atoms with van der Waals surface area (Å²) in [6, 6.07) is 3.14. The largest absolute Gasteiger partial charge is 0.369 e. The van der Waals surface area contributed by atoms with Crippen LogP contribution in [0, 0.1) is 0 Å². The molecule has 108 valence electrons. The highest BCUT2D eigenvalue weighted by atomic mass is 32.2. The molecule has 0 aliphatic rings. The van der Waals surface area contributed by atoms with E-state index in [1.807, 2.05) is 12.3 Å². The molecule has 0 unspecified atom stereocenters. The molecule has 0 atom stereocenters. The Bertz CT molecular complexity index is 641. The lowest BCUT2D eigenvalue weighted by atomic mass is 10.4. The fraction of sp³-hybridized carbons (Fsp3) is 0.333. The average molecular weight is 312 g/mol. The van der Waals surface area contributed by atoms with Crippen LogP contribution >= 0.6 is 11.3 Å². The van der Waals surface area contributed by atoms with Gasteiger partial charge in [0.05, 0.1) is 17.7 Å². The van der Waals surface area contributed by atoms with Crippen LogP contribution < -0.4 is 10.0 Å². The predicted molar refractivity (Wildman–Crippen MR) is 79.2 cm³/mol. The van der Waals surface area contributed by atoms with Crippen molar-refractivity contribution < 1.29 is 8.42 Å². The lowest BCUT2D eigenvalue weighted by molar-refractivity contribution is 0.580. The first kappa shape index (κ1) is 14.9. The number of hydrogen-bond acceptors (Lipinski definition) is 6. The van der Waals surface area contributed by atoms with Gasteiger partial charge in [-0.1, -0.05) is 6.92 Å². The molecule has 0 fully saturated rings. The minimum absolute atomic E-state index is 0.156. The third-order valence-corrected chi connectivity index (χ3v) is 4.60. The van der Waals surface area contributed by atoms with Crippen LogP contribution in [0.15, 0.2) is 34.1 Å². The standard InChI is InChI=1S/C12H16N4O2S2/c1-2-5-13-12-11(4-3-6-14-12)20(17,18)16-7-10-8-19-9-15-10/h3-4,6,8-9,16H,2,5,7H2,1H3,(H,13,14). The van der Waals surface area contributed by atoms with Crippen LogP contribution in [0.25, 0.3) is 0 Å². The normalized spacial score (nSPS) is 11.4. The molecule has 2 rings (SSSR count). The topological polar surface area (TPSA) is 84.0 Å². The highest BCUT2D eigenvalue weighted by molar-refractivity contribution is 7.89. The zero-order valence-corrected chi connectivity index (χ0v) is 12.7. The van der Waals surface area contributed by atoms with Gasteiger partial charge >= 0.3 is 0 Å². The number of sulfonamides is 1. The van der Waals surface area contributed by atoms with E-state index in [-0.39, 0.29) is 11.4 Å². The van der Waals surface area contributed by atoms with Gasteiger partial charge in [-0.3, -0.25) is 0 Å². The molecule has 0 aromatic carbocycles. The summed E-state index contributed by atoms with van der Waals surface area (Å²) in [6.07, 6.45) is 2.46. The fourth-order valence-corrected chi connectivity index (χ4v) is 3.24. The minimum Gasteiger partial charge on any atom is -0.369 e. The molecular formula is C12H16N4O2S2. The fourth-order valence-electron chi connectivity index (χ4n) is 1.56. The van der Waals surface area contributed by atoms with Crippen molar-refractivity contribution in [2.75, 3.05) is 11.9 Å². The van der Waals surface area contributed by atoms with E-state index in [1.165, 1.54) is 17.4 Å². The number of nitrogens with one attached hydrogen (secondary N) is 2. The minimum atomic E-state index is -3.61. The SMILES string of the molecule is CCCNc1ncccc1S(=O)(=O)NCc1cscn1. The van der Waals surface area contributed by atoms with Gasteiger partial charge in [-0.15, -0.1) is 11.3 Å². The van der Waals surface area contributed by atoms with Crippen LogP contribution in [0.2, 0.25) is 0 Å². The van der Waals surface area contributed by atoms with Crippen molar-refractivity contribution in [3.8, 4) is 0 Å². The van der Waals surface area contributed by atoms with Crippen molar-refractivity contribution >= 4 is 27.2 Å². The molecule has 0 bridgehead atoms. The maximum absolute atomic E-state index is 12.3. The monoisotopic (exact) mass is 312 g/mol. The Hall–Kier alpha value is -1.51. The summed E-state index contributed by atoms with van der Waals surface area (Å²) in [5.74, 6) is 0.375. The van der Waals surface area contributed by atoms with Gasteiger partial charge < -0.3 is 5.32 Å². The summed E-state index contributed by atoms with van der Waals surface area (Å²) in [5, 5.41) is 4.83. The molecule has 0 saturated heterocycles. The maximum Gasteiger partial charge on any atom is 0.244 e. The smallest absolute Gasteiger partial charge is 0.244 e. The zero-order valence-electron chi connectivity index (χ0n) is 11.0. The Balaban J connectivity index is 2.16. The lowest BCUT2D eigenvalue weighted by Gasteiger charge is -2.11. The van der Waals surface area contributed by atoms with Crippen molar-refractivity contribution in [2.24, 2.45) is 0 Å². The van der Waals surface area contributed by atoms with E-state index in [4.69, 9.17) is 0 Å². The molecule has 0 aliphatic carbocycles. The van der Waals surface area contributed by atoms with Gasteiger partial charge in [-0.2, -0.15) is 0 Å². The number of rotatable bonds is 7. The van der Waals surface area contributed by atoms with Crippen LogP contribution in [0.3, 0.4) is 0 Å². The quantitative estimate of drug-likeness (QED) is 0.815. The Morgan fingerprint density at radius 3 is 2.90 bits per heavy atom. The third-order valence-electron chi connectivity index (χ3n) is 2.53. The van der Waals surface area contributed by atoms with Gasteiger partial charge in [-0.25, -0.2) is 23.1 Å². The van der Waals surface area contributed by atoms with E-state index in [0.717, 1.165) is 6.42 Å². The van der Waals surface area contributed by atoms with Crippen LogP contribution in [0.1, 0.15) is 19.0 Å².